The maximum atomic E-state index is 12.9. The van der Waals surface area contributed by atoms with Crippen LogP contribution in [0.2, 0.25) is 0 Å². The Morgan fingerprint density at radius 3 is 2.38 bits per heavy atom. The van der Waals surface area contributed by atoms with Gasteiger partial charge in [0.2, 0.25) is 5.91 Å². The SMILES string of the molecule is CC(C)(C)OC(=O)N1CCC[C@@H]1C(=O)N1CCC(N2CCCC2)C1.Oc1cccc(F)c1. The van der Waals surface area contributed by atoms with Gasteiger partial charge in [0.05, 0.1) is 0 Å². The summed E-state index contributed by atoms with van der Waals surface area (Å²) in [6.45, 7) is 10.2. The topological polar surface area (TPSA) is 73.3 Å². The highest BCUT2D eigenvalue weighted by molar-refractivity contribution is 5.86. The number of benzene rings is 1. The number of hydrogen-bond acceptors (Lipinski definition) is 5. The van der Waals surface area contributed by atoms with E-state index in [-0.39, 0.29) is 23.8 Å². The van der Waals surface area contributed by atoms with E-state index < -0.39 is 11.4 Å². The summed E-state index contributed by atoms with van der Waals surface area (Å²) < 4.78 is 17.5. The largest absolute Gasteiger partial charge is 0.508 e. The zero-order valence-corrected chi connectivity index (χ0v) is 19.4. The van der Waals surface area contributed by atoms with Gasteiger partial charge in [0.15, 0.2) is 0 Å². The van der Waals surface area contributed by atoms with Gasteiger partial charge in [0.1, 0.15) is 23.2 Å². The first kappa shape index (κ1) is 24.3. The minimum absolute atomic E-state index is 0.0370. The Hall–Kier alpha value is -2.35. The molecule has 0 aliphatic carbocycles. The van der Waals surface area contributed by atoms with Crippen molar-refractivity contribution in [2.75, 3.05) is 32.7 Å². The van der Waals surface area contributed by atoms with Gasteiger partial charge >= 0.3 is 6.09 Å². The quantitative estimate of drug-likeness (QED) is 0.747. The second-order valence-corrected chi connectivity index (χ2v) is 9.78. The van der Waals surface area contributed by atoms with Crippen molar-refractivity contribution in [3.63, 3.8) is 0 Å². The van der Waals surface area contributed by atoms with Gasteiger partial charge in [-0.2, -0.15) is 0 Å². The summed E-state index contributed by atoms with van der Waals surface area (Å²) in [5, 5.41) is 8.57. The Bertz CT molecular complexity index is 774. The first-order valence-electron chi connectivity index (χ1n) is 11.6. The van der Waals surface area contributed by atoms with E-state index in [1.165, 1.54) is 44.1 Å². The van der Waals surface area contributed by atoms with Crippen LogP contribution >= 0.6 is 0 Å². The summed E-state index contributed by atoms with van der Waals surface area (Å²) in [4.78, 5) is 31.5. The van der Waals surface area contributed by atoms with Crippen molar-refractivity contribution in [2.45, 2.75) is 70.6 Å². The minimum Gasteiger partial charge on any atom is -0.508 e. The third-order valence-corrected chi connectivity index (χ3v) is 6.11. The van der Waals surface area contributed by atoms with E-state index >= 15 is 0 Å². The van der Waals surface area contributed by atoms with Crippen molar-refractivity contribution < 1.29 is 23.8 Å². The first-order valence-corrected chi connectivity index (χ1v) is 11.6. The van der Waals surface area contributed by atoms with Crippen LogP contribution < -0.4 is 0 Å². The summed E-state index contributed by atoms with van der Waals surface area (Å²) in [6.07, 6.45) is 4.89. The molecule has 1 N–H and O–H groups in total. The molecule has 3 aliphatic rings. The molecule has 3 fully saturated rings. The summed E-state index contributed by atoms with van der Waals surface area (Å²) in [5.41, 5.74) is -0.526. The van der Waals surface area contributed by atoms with E-state index in [9.17, 15) is 14.0 Å². The lowest BCUT2D eigenvalue weighted by Crippen LogP contribution is -2.49. The molecule has 0 aromatic heterocycles. The van der Waals surface area contributed by atoms with Crippen molar-refractivity contribution in [2.24, 2.45) is 0 Å². The number of phenols is 1. The van der Waals surface area contributed by atoms with Crippen molar-refractivity contribution in [3.05, 3.63) is 30.1 Å². The predicted molar refractivity (Wildman–Crippen MR) is 120 cm³/mol. The van der Waals surface area contributed by atoms with Crippen LogP contribution in [0, 0.1) is 5.82 Å². The summed E-state index contributed by atoms with van der Waals surface area (Å²) in [7, 11) is 0. The van der Waals surface area contributed by atoms with Crippen molar-refractivity contribution >= 4 is 12.0 Å². The summed E-state index contributed by atoms with van der Waals surface area (Å²) in [5.74, 6) is -0.338. The van der Waals surface area contributed by atoms with E-state index in [2.05, 4.69) is 4.90 Å². The molecule has 178 valence electrons. The third kappa shape index (κ3) is 6.58. The normalized spacial score (nSPS) is 23.8. The van der Waals surface area contributed by atoms with Crippen LogP contribution in [0.5, 0.6) is 5.75 Å². The number of ether oxygens (including phenoxy) is 1. The number of aromatic hydroxyl groups is 1. The Morgan fingerprint density at radius 1 is 1.06 bits per heavy atom. The Kier molecular flexibility index (Phi) is 7.98. The fraction of sp³-hybridized carbons (Fsp3) is 0.667. The number of amides is 2. The van der Waals surface area contributed by atoms with E-state index in [0.29, 0.717) is 12.6 Å². The summed E-state index contributed by atoms with van der Waals surface area (Å²) >= 11 is 0. The number of nitrogens with zero attached hydrogens (tertiary/aromatic N) is 3. The highest BCUT2D eigenvalue weighted by atomic mass is 19.1. The number of phenolic OH excluding ortho intramolecular Hbond substituents is 1. The van der Waals surface area contributed by atoms with Crippen molar-refractivity contribution in [3.8, 4) is 5.75 Å². The smallest absolute Gasteiger partial charge is 0.410 e. The monoisotopic (exact) mass is 449 g/mol. The number of hydrogen-bond donors (Lipinski definition) is 1. The molecule has 4 rings (SSSR count). The van der Waals surface area contributed by atoms with Gasteiger partial charge in [-0.05, 0) is 78.1 Å². The molecule has 3 heterocycles. The van der Waals surface area contributed by atoms with Crippen molar-refractivity contribution in [1.29, 1.82) is 0 Å². The standard InChI is InChI=1S/C18H31N3O3.C6H5FO/c1-18(2,3)24-17(23)21-11-6-7-15(21)16(22)20-12-8-14(13-20)19-9-4-5-10-19;7-5-2-1-3-6(8)4-5/h14-15H,4-13H2,1-3H3;1-4,8H/t14?,15-;/m1./s1. The second-order valence-electron chi connectivity index (χ2n) is 9.78. The van der Waals surface area contributed by atoms with Crippen LogP contribution in [0.1, 0.15) is 52.9 Å². The average molecular weight is 450 g/mol. The number of carbonyl (C=O) groups is 2. The molecule has 2 atom stereocenters. The van der Waals surface area contributed by atoms with Crippen LogP contribution in [-0.4, -0.2) is 82.2 Å². The van der Waals surface area contributed by atoms with Gasteiger partial charge in [-0.1, -0.05) is 6.07 Å². The molecule has 1 aromatic carbocycles. The fourth-order valence-corrected chi connectivity index (χ4v) is 4.60. The fourth-order valence-electron chi connectivity index (χ4n) is 4.60. The van der Waals surface area contributed by atoms with Crippen LogP contribution in [0.3, 0.4) is 0 Å². The molecule has 7 nitrogen and oxygen atoms in total. The molecule has 3 aliphatic heterocycles. The second kappa shape index (κ2) is 10.5. The van der Waals surface area contributed by atoms with Crippen LogP contribution in [0.4, 0.5) is 9.18 Å². The minimum atomic E-state index is -0.526. The lowest BCUT2D eigenvalue weighted by atomic mass is 10.2. The molecule has 3 saturated heterocycles. The van der Waals surface area contributed by atoms with Gasteiger partial charge in [-0.25, -0.2) is 9.18 Å². The first-order chi connectivity index (χ1) is 15.1. The molecule has 1 aromatic rings. The summed E-state index contributed by atoms with van der Waals surface area (Å²) in [6, 6.07) is 5.37. The molecule has 2 amide bonds. The van der Waals surface area contributed by atoms with Crippen LogP contribution in [0.25, 0.3) is 0 Å². The van der Waals surface area contributed by atoms with Crippen molar-refractivity contribution in [1.82, 2.24) is 14.7 Å². The predicted octanol–water partition coefficient (Wildman–Crippen LogP) is 3.61. The maximum absolute atomic E-state index is 12.9. The molecular weight excluding hydrogens is 413 g/mol. The van der Waals surface area contributed by atoms with E-state index in [0.717, 1.165) is 38.4 Å². The molecule has 8 heteroatoms. The third-order valence-electron chi connectivity index (χ3n) is 6.11. The zero-order valence-electron chi connectivity index (χ0n) is 19.4. The zero-order chi connectivity index (χ0) is 23.3. The van der Waals surface area contributed by atoms with Crippen LogP contribution in [0.15, 0.2) is 24.3 Å². The highest BCUT2D eigenvalue weighted by Crippen LogP contribution is 2.26. The van der Waals surface area contributed by atoms with E-state index in [4.69, 9.17) is 9.84 Å². The molecule has 0 spiro atoms. The lowest BCUT2D eigenvalue weighted by molar-refractivity contribution is -0.135. The van der Waals surface area contributed by atoms with E-state index in [1.807, 2.05) is 25.7 Å². The van der Waals surface area contributed by atoms with Gasteiger partial charge in [-0.3, -0.25) is 14.6 Å². The Balaban J connectivity index is 0.000000305. The number of carbonyl (C=O) groups excluding carboxylic acids is 2. The molecule has 32 heavy (non-hydrogen) atoms. The van der Waals surface area contributed by atoms with Gasteiger partial charge in [0, 0.05) is 31.7 Å². The van der Waals surface area contributed by atoms with Gasteiger partial charge in [-0.15, -0.1) is 0 Å². The van der Waals surface area contributed by atoms with E-state index in [1.54, 1.807) is 4.90 Å². The number of halogens is 1. The van der Waals surface area contributed by atoms with Gasteiger partial charge < -0.3 is 14.7 Å². The number of likely N-dealkylation sites (tertiary alicyclic amines) is 3. The molecule has 0 bridgehead atoms. The maximum Gasteiger partial charge on any atom is 0.410 e. The molecule has 1 unspecified atom stereocenters. The Labute approximate surface area is 190 Å². The average Bonchev–Trinajstić information content (AvgIpc) is 3.47. The molecule has 0 saturated carbocycles. The highest BCUT2D eigenvalue weighted by Gasteiger charge is 2.41. The van der Waals surface area contributed by atoms with Crippen LogP contribution in [-0.2, 0) is 9.53 Å². The molecular formula is C24H36FN3O4. The van der Waals surface area contributed by atoms with Gasteiger partial charge in [0.25, 0.3) is 0 Å². The molecule has 0 radical (unpaired) electrons. The number of rotatable bonds is 2. The lowest BCUT2D eigenvalue weighted by Gasteiger charge is -2.30. The Morgan fingerprint density at radius 2 is 1.78 bits per heavy atom.